The Morgan fingerprint density at radius 2 is 1.56 bits per heavy atom. The third kappa shape index (κ3) is 8.11. The number of likely N-dealkylation sites (N-methyl/N-ethyl adjacent to an activating group) is 1. The third-order valence-electron chi connectivity index (χ3n) is 8.18. The minimum Gasteiger partial charge on any atom is -0.858 e. The van der Waals surface area contributed by atoms with Crippen LogP contribution in [0.2, 0.25) is 5.02 Å². The van der Waals surface area contributed by atoms with E-state index >= 15 is 0 Å². The molecule has 0 saturated carbocycles. The van der Waals surface area contributed by atoms with E-state index in [9.17, 15) is 5.11 Å². The predicted octanol–water partition coefficient (Wildman–Crippen LogP) is 7.27. The molecule has 1 N–H and O–H groups in total. The summed E-state index contributed by atoms with van der Waals surface area (Å²) in [7, 11) is 2.07. The summed E-state index contributed by atoms with van der Waals surface area (Å²) in [5, 5.41) is 21.6. The number of fused-ring (bicyclic) bond motifs is 2. The van der Waals surface area contributed by atoms with Crippen LogP contribution in [0.4, 0.5) is 17.1 Å². The summed E-state index contributed by atoms with van der Waals surface area (Å²) in [5.41, 5.74) is 5.31. The van der Waals surface area contributed by atoms with Crippen LogP contribution in [0.3, 0.4) is 0 Å². The topological polar surface area (TPSA) is 63.1 Å². The largest absolute Gasteiger partial charge is 0.858 e. The van der Waals surface area contributed by atoms with Gasteiger partial charge in [-0.1, -0.05) is 86.2 Å². The van der Waals surface area contributed by atoms with Crippen molar-refractivity contribution in [1.82, 2.24) is 4.90 Å². The Morgan fingerprint density at radius 1 is 0.878 bits per heavy atom. The molecule has 0 aliphatic carbocycles. The molecule has 0 amide bonds. The molecule has 2 aliphatic heterocycles. The molecular formula is C34H42ClN5O. The van der Waals surface area contributed by atoms with Crippen molar-refractivity contribution in [2.75, 3.05) is 38.5 Å². The minimum absolute atomic E-state index is 0.0359. The number of quaternary nitrogens is 1. The van der Waals surface area contributed by atoms with Crippen LogP contribution in [0.1, 0.15) is 62.5 Å². The SMILES string of the molecule is C[N+]1(/N=C(\[O-])CCCCCCCCCc2ccccc2)CCN(C2=Nc3cc(Cl)ccc3Nc3ccccc32)CC1. The summed E-state index contributed by atoms with van der Waals surface area (Å²) >= 11 is 6.30. The summed E-state index contributed by atoms with van der Waals surface area (Å²) < 4.78 is 0.437. The number of nitrogens with zero attached hydrogens (tertiary/aromatic N) is 4. The van der Waals surface area contributed by atoms with Crippen molar-refractivity contribution in [1.29, 1.82) is 0 Å². The van der Waals surface area contributed by atoms with E-state index in [2.05, 4.69) is 64.8 Å². The van der Waals surface area contributed by atoms with Crippen molar-refractivity contribution in [3.8, 4) is 0 Å². The lowest BCUT2D eigenvalue weighted by atomic mass is 10.0. The molecule has 6 nitrogen and oxygen atoms in total. The first-order chi connectivity index (χ1) is 20.0. The summed E-state index contributed by atoms with van der Waals surface area (Å²) in [6.45, 7) is 3.10. The van der Waals surface area contributed by atoms with Gasteiger partial charge in [-0.15, -0.1) is 5.10 Å². The van der Waals surface area contributed by atoms with Gasteiger partial charge in [0.05, 0.1) is 31.5 Å². The van der Waals surface area contributed by atoms with E-state index in [1.807, 2.05) is 30.3 Å². The average Bonchev–Trinajstić information content (AvgIpc) is 3.13. The Kier molecular flexibility index (Phi) is 9.97. The maximum atomic E-state index is 12.7. The van der Waals surface area contributed by atoms with Crippen LogP contribution in [0.25, 0.3) is 0 Å². The van der Waals surface area contributed by atoms with Crippen LogP contribution in [0.5, 0.6) is 0 Å². The van der Waals surface area contributed by atoms with E-state index in [0.717, 1.165) is 67.5 Å². The number of para-hydroxylation sites is 1. The first-order valence-corrected chi connectivity index (χ1v) is 15.5. The van der Waals surface area contributed by atoms with Gasteiger partial charge in [-0.2, -0.15) is 4.59 Å². The van der Waals surface area contributed by atoms with Gasteiger partial charge in [0.1, 0.15) is 18.9 Å². The van der Waals surface area contributed by atoms with Gasteiger partial charge >= 0.3 is 0 Å². The Balaban J connectivity index is 1.07. The molecule has 0 radical (unpaired) electrons. The molecule has 3 aromatic rings. The van der Waals surface area contributed by atoms with E-state index in [0.29, 0.717) is 16.0 Å². The maximum absolute atomic E-state index is 12.7. The second kappa shape index (κ2) is 14.0. The molecule has 0 bridgehead atoms. The first kappa shape index (κ1) is 29.2. The van der Waals surface area contributed by atoms with Gasteiger partial charge in [0, 0.05) is 22.2 Å². The van der Waals surface area contributed by atoms with Gasteiger partial charge in [-0.3, -0.25) is 0 Å². The monoisotopic (exact) mass is 571 g/mol. The van der Waals surface area contributed by atoms with E-state index in [1.165, 1.54) is 44.1 Å². The van der Waals surface area contributed by atoms with Gasteiger partial charge in [0.25, 0.3) is 0 Å². The Labute approximate surface area is 250 Å². The van der Waals surface area contributed by atoms with Crippen LogP contribution in [-0.4, -0.2) is 54.5 Å². The fourth-order valence-corrected chi connectivity index (χ4v) is 5.88. The first-order valence-electron chi connectivity index (χ1n) is 15.1. The molecule has 216 valence electrons. The van der Waals surface area contributed by atoms with E-state index in [4.69, 9.17) is 16.6 Å². The van der Waals surface area contributed by atoms with Crippen LogP contribution >= 0.6 is 11.6 Å². The normalized spacial score (nSPS) is 16.3. The van der Waals surface area contributed by atoms with Crippen LogP contribution in [0, 0.1) is 0 Å². The third-order valence-corrected chi connectivity index (χ3v) is 8.41. The number of aliphatic imine (C=N–C) groups is 1. The van der Waals surface area contributed by atoms with E-state index < -0.39 is 0 Å². The van der Waals surface area contributed by atoms with Gasteiger partial charge < -0.3 is 15.3 Å². The molecular weight excluding hydrogens is 530 g/mol. The number of hydrogen-bond acceptors (Lipinski definition) is 5. The molecule has 1 saturated heterocycles. The average molecular weight is 572 g/mol. The van der Waals surface area contributed by atoms with Crippen molar-refractivity contribution < 1.29 is 9.70 Å². The molecule has 3 aromatic carbocycles. The van der Waals surface area contributed by atoms with Crippen LogP contribution in [-0.2, 0) is 6.42 Å². The molecule has 0 unspecified atom stereocenters. The molecule has 7 heteroatoms. The lowest BCUT2D eigenvalue weighted by Crippen LogP contribution is -2.56. The number of halogens is 1. The highest BCUT2D eigenvalue weighted by molar-refractivity contribution is 6.31. The molecule has 0 aromatic heterocycles. The fourth-order valence-electron chi connectivity index (χ4n) is 5.71. The van der Waals surface area contributed by atoms with Crippen molar-refractivity contribution in [3.63, 3.8) is 0 Å². The standard InChI is InChI=1S/C34H42ClN5O/c1-40(38-33(41)19-11-6-4-2-3-5-8-14-27-15-9-7-10-16-27)24-22-39(23-25-40)34-29-17-12-13-18-30(29)36-31-21-20-28(35)26-32(31)37-34/h7,9-10,12-13,15-18,20-21,26H,2-6,8,11,14,19,22-25H2,1H3,(H-,36,37,38,41). The smallest absolute Gasteiger partial charge is 0.139 e. The predicted molar refractivity (Wildman–Crippen MR) is 169 cm³/mol. The summed E-state index contributed by atoms with van der Waals surface area (Å²) in [6, 6.07) is 24.8. The van der Waals surface area contributed by atoms with Gasteiger partial charge in [-0.05, 0) is 61.6 Å². The van der Waals surface area contributed by atoms with Gasteiger partial charge in [0.15, 0.2) is 0 Å². The van der Waals surface area contributed by atoms with Crippen molar-refractivity contribution in [2.24, 2.45) is 10.1 Å². The van der Waals surface area contributed by atoms with Gasteiger partial charge in [-0.25, -0.2) is 4.99 Å². The summed E-state index contributed by atoms with van der Waals surface area (Å²) in [6.07, 6.45) is 10.0. The zero-order valence-corrected chi connectivity index (χ0v) is 25.0. The highest BCUT2D eigenvalue weighted by Crippen LogP contribution is 2.36. The zero-order chi connectivity index (χ0) is 28.5. The van der Waals surface area contributed by atoms with E-state index in [-0.39, 0.29) is 5.90 Å². The minimum atomic E-state index is 0.0359. The number of nitrogens with one attached hydrogen (secondary N) is 1. The summed E-state index contributed by atoms with van der Waals surface area (Å²) in [4.78, 5) is 7.38. The van der Waals surface area contributed by atoms with Crippen molar-refractivity contribution in [2.45, 2.75) is 57.8 Å². The molecule has 1 fully saturated rings. The Hall–Kier alpha value is -3.35. The molecule has 41 heavy (non-hydrogen) atoms. The van der Waals surface area contributed by atoms with Crippen molar-refractivity contribution >= 4 is 40.4 Å². The number of benzene rings is 3. The molecule has 0 spiro atoms. The number of aryl methyl sites for hydroxylation is 1. The van der Waals surface area contributed by atoms with E-state index in [1.54, 1.807) is 0 Å². The number of anilines is 2. The Bertz CT molecular complexity index is 1350. The molecule has 2 aliphatic rings. The number of unbranched alkanes of at least 4 members (excludes halogenated alkanes) is 6. The lowest BCUT2D eigenvalue weighted by molar-refractivity contribution is -0.920. The Morgan fingerprint density at radius 3 is 2.34 bits per heavy atom. The number of rotatable bonds is 11. The van der Waals surface area contributed by atoms with Crippen LogP contribution in [0.15, 0.2) is 82.9 Å². The molecule has 5 rings (SSSR count). The summed E-state index contributed by atoms with van der Waals surface area (Å²) in [5.74, 6) is 0.973. The number of piperazine rings is 1. The second-order valence-corrected chi connectivity index (χ2v) is 11.9. The zero-order valence-electron chi connectivity index (χ0n) is 24.2. The van der Waals surface area contributed by atoms with Crippen molar-refractivity contribution in [3.05, 3.63) is 88.9 Å². The number of amidine groups is 1. The van der Waals surface area contributed by atoms with Gasteiger partial charge in [0.2, 0.25) is 0 Å². The highest BCUT2D eigenvalue weighted by Gasteiger charge is 2.32. The fraction of sp³-hybridized carbons (Fsp3) is 0.412. The second-order valence-electron chi connectivity index (χ2n) is 11.5. The molecule has 2 heterocycles. The lowest BCUT2D eigenvalue weighted by Gasteiger charge is -2.39. The maximum Gasteiger partial charge on any atom is 0.139 e. The molecule has 0 atom stereocenters. The number of hydrogen-bond donors (Lipinski definition) is 1. The quantitative estimate of drug-likeness (QED) is 0.114. The highest BCUT2D eigenvalue weighted by atomic mass is 35.5. The van der Waals surface area contributed by atoms with Crippen LogP contribution < -0.4 is 10.4 Å².